The van der Waals surface area contributed by atoms with Gasteiger partial charge in [-0.25, -0.2) is 8.42 Å². The normalized spacial score (nSPS) is 15.6. The smallest absolute Gasteiger partial charge is 0.395 e. The topological polar surface area (TPSA) is 102 Å². The molecular formula is C21H20F3N3O3S. The highest BCUT2D eigenvalue weighted by Crippen LogP contribution is 2.34. The average molecular weight is 451 g/mol. The van der Waals surface area contributed by atoms with E-state index in [-0.39, 0.29) is 22.1 Å². The summed E-state index contributed by atoms with van der Waals surface area (Å²) in [4.78, 5) is 16.7. The quantitative estimate of drug-likeness (QED) is 0.642. The molecule has 1 aliphatic carbocycles. The number of amides is 1. The van der Waals surface area contributed by atoms with Crippen molar-refractivity contribution < 1.29 is 26.4 Å². The Kier molecular flexibility index (Phi) is 6.21. The number of nitrogens with two attached hydrogens (primary N) is 1. The van der Waals surface area contributed by atoms with E-state index in [2.05, 4.69) is 10.3 Å². The second kappa shape index (κ2) is 8.54. The number of anilines is 1. The molecular weight excluding hydrogens is 431 g/mol. The third kappa shape index (κ3) is 6.17. The number of carbonyl (C=O) groups is 1. The van der Waals surface area contributed by atoms with Crippen molar-refractivity contribution in [2.75, 3.05) is 11.6 Å². The molecule has 1 amide bonds. The number of aliphatic imine (C=N–C) groups is 1. The Labute approximate surface area is 177 Å². The molecule has 0 unspecified atom stereocenters. The summed E-state index contributed by atoms with van der Waals surface area (Å²) in [6.07, 6.45) is -1.20. The zero-order chi connectivity index (χ0) is 22.8. The van der Waals surface area contributed by atoms with Crippen LogP contribution in [0.3, 0.4) is 0 Å². The van der Waals surface area contributed by atoms with Crippen LogP contribution in [0.15, 0.2) is 70.2 Å². The number of halogens is 3. The van der Waals surface area contributed by atoms with Crippen LogP contribution in [0.25, 0.3) is 0 Å². The molecule has 1 fully saturated rings. The maximum Gasteiger partial charge on any atom is 0.430 e. The van der Waals surface area contributed by atoms with Crippen molar-refractivity contribution >= 4 is 32.8 Å². The molecule has 3 rings (SSSR count). The number of allylic oxidation sites excluding steroid dienone is 2. The third-order valence-corrected chi connectivity index (χ3v) is 5.64. The minimum Gasteiger partial charge on any atom is -0.395 e. The van der Waals surface area contributed by atoms with Crippen LogP contribution >= 0.6 is 0 Å². The molecule has 0 aromatic heterocycles. The first-order valence-corrected chi connectivity index (χ1v) is 11.2. The molecule has 0 bridgehead atoms. The van der Waals surface area contributed by atoms with Crippen molar-refractivity contribution in [2.24, 2.45) is 16.6 Å². The minimum atomic E-state index is -4.61. The molecule has 0 radical (unpaired) electrons. The molecule has 164 valence electrons. The van der Waals surface area contributed by atoms with Crippen LogP contribution < -0.4 is 11.1 Å². The van der Waals surface area contributed by atoms with Crippen LogP contribution in [-0.2, 0) is 9.84 Å². The summed E-state index contributed by atoms with van der Waals surface area (Å²) in [7, 11) is -3.45. The van der Waals surface area contributed by atoms with Gasteiger partial charge in [0.15, 0.2) is 9.84 Å². The Morgan fingerprint density at radius 1 is 1.16 bits per heavy atom. The highest BCUT2D eigenvalue weighted by molar-refractivity contribution is 7.90. The predicted octanol–water partition coefficient (Wildman–Crippen LogP) is 4.23. The molecule has 3 N–H and O–H groups in total. The standard InChI is InChI=1S/C21H20F3N3O3S/c1-31(29,30)17-4-2-3-14(11-17)20(28)27-16-9-7-15(8-10-16)26-18(13-5-6-13)12-19(25)21(22,23)24/h2-4,7-13H,5-6,25H2,1H3,(H,27,28). The van der Waals surface area contributed by atoms with Crippen molar-refractivity contribution in [3.05, 3.63) is 65.9 Å². The number of carbonyl (C=O) groups excluding carboxylic acids is 1. The van der Waals surface area contributed by atoms with Crippen LogP contribution in [0, 0.1) is 5.92 Å². The van der Waals surface area contributed by atoms with Crippen LogP contribution in [0.1, 0.15) is 23.2 Å². The van der Waals surface area contributed by atoms with E-state index in [0.717, 1.165) is 25.2 Å². The molecule has 0 heterocycles. The summed E-state index contributed by atoms with van der Waals surface area (Å²) in [6, 6.07) is 11.9. The van der Waals surface area contributed by atoms with Gasteiger partial charge in [-0.3, -0.25) is 9.79 Å². The van der Waals surface area contributed by atoms with E-state index in [0.29, 0.717) is 11.4 Å². The third-order valence-electron chi connectivity index (χ3n) is 4.53. The van der Waals surface area contributed by atoms with Crippen LogP contribution in [-0.4, -0.2) is 32.5 Å². The first-order valence-electron chi connectivity index (χ1n) is 9.28. The maximum atomic E-state index is 12.7. The predicted molar refractivity (Wildman–Crippen MR) is 112 cm³/mol. The largest absolute Gasteiger partial charge is 0.430 e. The van der Waals surface area contributed by atoms with E-state index in [1.807, 2.05) is 0 Å². The van der Waals surface area contributed by atoms with Gasteiger partial charge in [-0.05, 0) is 61.4 Å². The van der Waals surface area contributed by atoms with E-state index in [4.69, 9.17) is 5.73 Å². The van der Waals surface area contributed by atoms with Crippen molar-refractivity contribution in [1.82, 2.24) is 0 Å². The van der Waals surface area contributed by atoms with Crippen molar-refractivity contribution in [3.8, 4) is 0 Å². The SMILES string of the molecule is CS(=O)(=O)c1cccc(C(=O)Nc2ccc(N=C(C=C(N)C(F)(F)F)C3CC3)cc2)c1. The van der Waals surface area contributed by atoms with Crippen LogP contribution in [0.5, 0.6) is 0 Å². The van der Waals surface area contributed by atoms with Gasteiger partial charge in [0.25, 0.3) is 5.91 Å². The second-order valence-corrected chi connectivity index (χ2v) is 9.23. The fraction of sp³-hybridized carbons (Fsp3) is 0.238. The van der Waals surface area contributed by atoms with E-state index < -0.39 is 27.6 Å². The van der Waals surface area contributed by atoms with E-state index >= 15 is 0 Å². The number of hydrogen-bond donors (Lipinski definition) is 2. The lowest BCUT2D eigenvalue weighted by Crippen LogP contribution is -2.21. The summed E-state index contributed by atoms with van der Waals surface area (Å²) in [5.41, 5.74) is 5.20. The highest BCUT2D eigenvalue weighted by Gasteiger charge is 2.34. The zero-order valence-electron chi connectivity index (χ0n) is 16.5. The number of rotatable bonds is 6. The zero-order valence-corrected chi connectivity index (χ0v) is 17.3. The van der Waals surface area contributed by atoms with Gasteiger partial charge in [0.05, 0.1) is 10.6 Å². The molecule has 1 saturated carbocycles. The molecule has 2 aromatic rings. The first-order chi connectivity index (χ1) is 14.4. The van der Waals surface area contributed by atoms with Gasteiger partial charge in [0.1, 0.15) is 5.70 Å². The lowest BCUT2D eigenvalue weighted by atomic mass is 10.2. The highest BCUT2D eigenvalue weighted by atomic mass is 32.2. The molecule has 0 spiro atoms. The summed E-state index contributed by atoms with van der Waals surface area (Å²) >= 11 is 0. The molecule has 1 aliphatic rings. The van der Waals surface area contributed by atoms with Gasteiger partial charge in [-0.2, -0.15) is 13.2 Å². The van der Waals surface area contributed by atoms with Crippen molar-refractivity contribution in [3.63, 3.8) is 0 Å². The molecule has 0 atom stereocenters. The first kappa shape index (κ1) is 22.5. The summed E-state index contributed by atoms with van der Waals surface area (Å²) in [5.74, 6) is -0.552. The molecule has 10 heteroatoms. The Balaban J connectivity index is 1.76. The van der Waals surface area contributed by atoms with E-state index in [1.165, 1.54) is 24.3 Å². The number of benzene rings is 2. The Hall–Kier alpha value is -3.14. The van der Waals surface area contributed by atoms with Gasteiger partial charge in [-0.1, -0.05) is 6.07 Å². The van der Waals surface area contributed by atoms with Gasteiger partial charge in [0, 0.05) is 29.1 Å². The maximum absolute atomic E-state index is 12.7. The van der Waals surface area contributed by atoms with Crippen molar-refractivity contribution in [1.29, 1.82) is 0 Å². The van der Waals surface area contributed by atoms with Crippen molar-refractivity contribution in [2.45, 2.75) is 23.9 Å². The van der Waals surface area contributed by atoms with Crippen LogP contribution in [0.4, 0.5) is 24.5 Å². The lowest BCUT2D eigenvalue weighted by molar-refractivity contribution is -0.0925. The van der Waals surface area contributed by atoms with E-state index in [1.54, 1.807) is 24.3 Å². The minimum absolute atomic E-state index is 0.0311. The number of alkyl halides is 3. The molecule has 0 saturated heterocycles. The van der Waals surface area contributed by atoms with Gasteiger partial charge in [-0.15, -0.1) is 0 Å². The number of hydrogen-bond acceptors (Lipinski definition) is 5. The summed E-state index contributed by atoms with van der Waals surface area (Å²) in [5, 5.41) is 2.64. The van der Waals surface area contributed by atoms with Gasteiger partial charge >= 0.3 is 6.18 Å². The van der Waals surface area contributed by atoms with Gasteiger partial charge < -0.3 is 11.1 Å². The average Bonchev–Trinajstić information content (AvgIpc) is 3.53. The summed E-state index contributed by atoms with van der Waals surface area (Å²) < 4.78 is 61.4. The number of nitrogens with zero attached hydrogens (tertiary/aromatic N) is 1. The Morgan fingerprint density at radius 2 is 1.81 bits per heavy atom. The monoisotopic (exact) mass is 451 g/mol. The number of nitrogens with one attached hydrogen (secondary N) is 1. The van der Waals surface area contributed by atoms with E-state index in [9.17, 15) is 26.4 Å². The molecule has 0 aliphatic heterocycles. The molecule has 2 aromatic carbocycles. The second-order valence-electron chi connectivity index (χ2n) is 7.21. The molecule has 6 nitrogen and oxygen atoms in total. The lowest BCUT2D eigenvalue weighted by Gasteiger charge is -2.08. The number of sulfone groups is 1. The van der Waals surface area contributed by atoms with Gasteiger partial charge in [0.2, 0.25) is 0 Å². The van der Waals surface area contributed by atoms with Crippen LogP contribution in [0.2, 0.25) is 0 Å². The Morgan fingerprint density at radius 3 is 2.35 bits per heavy atom. The fourth-order valence-corrected chi connectivity index (χ4v) is 3.37. The Bertz CT molecular complexity index is 1150. The fourth-order valence-electron chi connectivity index (χ4n) is 2.70. The molecule has 31 heavy (non-hydrogen) atoms. The summed E-state index contributed by atoms with van der Waals surface area (Å²) in [6.45, 7) is 0.